The maximum atomic E-state index is 12.3. The molecule has 0 aliphatic heterocycles. The van der Waals surface area contributed by atoms with Gasteiger partial charge in [-0.3, -0.25) is 4.72 Å². The zero-order chi connectivity index (χ0) is 17.0. The summed E-state index contributed by atoms with van der Waals surface area (Å²) in [7, 11) is -3.49. The molecule has 5 heteroatoms. The molecule has 0 aliphatic rings. The van der Waals surface area contributed by atoms with Gasteiger partial charge in [-0.2, -0.15) is 0 Å². The molecule has 3 rings (SSSR count). The molecule has 0 fully saturated rings. The van der Waals surface area contributed by atoms with Gasteiger partial charge in [-0.05, 0) is 30.2 Å². The minimum absolute atomic E-state index is 0.0740. The number of benzene rings is 2. The van der Waals surface area contributed by atoms with E-state index in [4.69, 9.17) is 0 Å². The smallest absolute Gasteiger partial charge is 0.238 e. The molecular weight excluding hydrogens is 320 g/mol. The van der Waals surface area contributed by atoms with Gasteiger partial charge in [-0.25, -0.2) is 13.4 Å². The highest BCUT2D eigenvalue weighted by Crippen LogP contribution is 2.19. The second kappa shape index (κ2) is 6.84. The van der Waals surface area contributed by atoms with Crippen molar-refractivity contribution in [2.75, 3.05) is 4.72 Å². The number of pyridine rings is 1. The van der Waals surface area contributed by atoms with Crippen molar-refractivity contribution in [1.82, 2.24) is 4.98 Å². The predicted octanol–water partition coefficient (Wildman–Crippen LogP) is 4.00. The molecule has 0 atom stereocenters. The van der Waals surface area contributed by atoms with Gasteiger partial charge in [-0.1, -0.05) is 60.2 Å². The SMILES string of the molecule is Cc1ccc(CS(=O)(=O)Nc2ccc(-c3ccccc3)cn2)cc1. The minimum Gasteiger partial charge on any atom is -0.267 e. The van der Waals surface area contributed by atoms with E-state index in [1.165, 1.54) is 0 Å². The average Bonchev–Trinajstić information content (AvgIpc) is 2.58. The number of hydrogen-bond acceptors (Lipinski definition) is 3. The summed E-state index contributed by atoms with van der Waals surface area (Å²) in [5.74, 6) is 0.247. The lowest BCUT2D eigenvalue weighted by molar-refractivity contribution is 0.600. The summed E-state index contributed by atoms with van der Waals surface area (Å²) in [5.41, 5.74) is 3.83. The highest BCUT2D eigenvalue weighted by Gasteiger charge is 2.12. The van der Waals surface area contributed by atoms with Gasteiger partial charge in [0.15, 0.2) is 0 Å². The lowest BCUT2D eigenvalue weighted by Gasteiger charge is -2.08. The number of rotatable bonds is 5. The Hall–Kier alpha value is -2.66. The molecule has 0 saturated heterocycles. The molecule has 1 heterocycles. The topological polar surface area (TPSA) is 59.1 Å². The van der Waals surface area contributed by atoms with E-state index in [-0.39, 0.29) is 5.75 Å². The molecule has 0 radical (unpaired) electrons. The van der Waals surface area contributed by atoms with Gasteiger partial charge in [0.1, 0.15) is 5.82 Å². The maximum absolute atomic E-state index is 12.3. The third-order valence-corrected chi connectivity index (χ3v) is 4.84. The summed E-state index contributed by atoms with van der Waals surface area (Å²) in [6.45, 7) is 1.97. The first kappa shape index (κ1) is 16.2. The first-order chi connectivity index (χ1) is 11.5. The highest BCUT2D eigenvalue weighted by molar-refractivity contribution is 7.91. The summed E-state index contributed by atoms with van der Waals surface area (Å²) in [4.78, 5) is 4.21. The normalized spacial score (nSPS) is 11.2. The molecule has 3 aromatic rings. The fourth-order valence-corrected chi connectivity index (χ4v) is 3.50. The van der Waals surface area contributed by atoms with E-state index in [0.29, 0.717) is 5.82 Å². The molecule has 24 heavy (non-hydrogen) atoms. The molecule has 0 aliphatic carbocycles. The number of nitrogens with one attached hydrogen (secondary N) is 1. The van der Waals surface area contributed by atoms with Crippen LogP contribution in [-0.4, -0.2) is 13.4 Å². The lowest BCUT2D eigenvalue weighted by atomic mass is 10.1. The molecule has 4 nitrogen and oxygen atoms in total. The number of sulfonamides is 1. The molecule has 0 unspecified atom stereocenters. The van der Waals surface area contributed by atoms with Crippen LogP contribution in [0.2, 0.25) is 0 Å². The quantitative estimate of drug-likeness (QED) is 0.765. The van der Waals surface area contributed by atoms with Gasteiger partial charge >= 0.3 is 0 Å². The largest absolute Gasteiger partial charge is 0.267 e. The molecule has 1 aromatic heterocycles. The molecule has 0 saturated carbocycles. The van der Waals surface area contributed by atoms with Crippen molar-refractivity contribution < 1.29 is 8.42 Å². The van der Waals surface area contributed by atoms with E-state index in [0.717, 1.165) is 22.3 Å². The van der Waals surface area contributed by atoms with Crippen LogP contribution in [0.4, 0.5) is 5.82 Å². The van der Waals surface area contributed by atoms with Crippen molar-refractivity contribution in [1.29, 1.82) is 0 Å². The standard InChI is InChI=1S/C19H18N2O2S/c1-15-7-9-16(10-8-15)14-24(22,23)21-19-12-11-18(13-20-19)17-5-3-2-4-6-17/h2-13H,14H2,1H3,(H,20,21). The summed E-state index contributed by atoms with van der Waals surface area (Å²) in [6, 6.07) is 20.8. The third-order valence-electron chi connectivity index (χ3n) is 3.61. The van der Waals surface area contributed by atoms with E-state index >= 15 is 0 Å². The van der Waals surface area contributed by atoms with E-state index in [1.54, 1.807) is 12.3 Å². The van der Waals surface area contributed by atoms with Crippen molar-refractivity contribution >= 4 is 15.8 Å². The number of aromatic nitrogens is 1. The monoisotopic (exact) mass is 338 g/mol. The van der Waals surface area contributed by atoms with Gasteiger partial charge in [0.05, 0.1) is 5.75 Å². The van der Waals surface area contributed by atoms with E-state index in [9.17, 15) is 8.42 Å². The second-order valence-corrected chi connectivity index (χ2v) is 7.37. The minimum atomic E-state index is -3.49. The highest BCUT2D eigenvalue weighted by atomic mass is 32.2. The summed E-state index contributed by atoms with van der Waals surface area (Å²) < 4.78 is 27.0. The van der Waals surface area contributed by atoms with Crippen molar-refractivity contribution in [2.24, 2.45) is 0 Å². The second-order valence-electron chi connectivity index (χ2n) is 5.64. The Morgan fingerprint density at radius 2 is 1.58 bits per heavy atom. The van der Waals surface area contributed by atoms with Gasteiger partial charge in [0, 0.05) is 11.8 Å². The van der Waals surface area contributed by atoms with E-state index in [2.05, 4.69) is 9.71 Å². The zero-order valence-corrected chi connectivity index (χ0v) is 14.1. The number of aryl methyl sites for hydroxylation is 1. The van der Waals surface area contributed by atoms with Gasteiger partial charge in [-0.15, -0.1) is 0 Å². The Balaban J connectivity index is 1.72. The Bertz CT molecular complexity index is 904. The van der Waals surface area contributed by atoms with Crippen LogP contribution in [0, 0.1) is 6.92 Å². The summed E-state index contributed by atoms with van der Waals surface area (Å²) >= 11 is 0. The first-order valence-corrected chi connectivity index (χ1v) is 9.25. The third kappa shape index (κ3) is 4.20. The van der Waals surface area contributed by atoms with Crippen LogP contribution in [0.1, 0.15) is 11.1 Å². The Kier molecular flexibility index (Phi) is 4.62. The Morgan fingerprint density at radius 1 is 0.875 bits per heavy atom. The summed E-state index contributed by atoms with van der Waals surface area (Å²) in [5, 5.41) is 0. The Morgan fingerprint density at radius 3 is 2.21 bits per heavy atom. The number of hydrogen-bond donors (Lipinski definition) is 1. The van der Waals surface area contributed by atoms with Gasteiger partial charge < -0.3 is 0 Å². The van der Waals surface area contributed by atoms with Crippen molar-refractivity contribution in [3.8, 4) is 11.1 Å². The lowest BCUT2D eigenvalue weighted by Crippen LogP contribution is -2.15. The van der Waals surface area contributed by atoms with Crippen LogP contribution in [0.3, 0.4) is 0 Å². The molecule has 1 N–H and O–H groups in total. The molecule has 0 bridgehead atoms. The van der Waals surface area contributed by atoms with E-state index in [1.807, 2.05) is 67.6 Å². The van der Waals surface area contributed by atoms with Crippen LogP contribution in [-0.2, 0) is 15.8 Å². The van der Waals surface area contributed by atoms with Gasteiger partial charge in [0.25, 0.3) is 0 Å². The molecule has 0 amide bonds. The number of anilines is 1. The van der Waals surface area contributed by atoms with Crippen LogP contribution in [0.25, 0.3) is 11.1 Å². The molecule has 0 spiro atoms. The van der Waals surface area contributed by atoms with Crippen molar-refractivity contribution in [3.05, 3.63) is 84.1 Å². The van der Waals surface area contributed by atoms with Crippen LogP contribution in [0.5, 0.6) is 0 Å². The predicted molar refractivity (Wildman–Crippen MR) is 97.1 cm³/mol. The first-order valence-electron chi connectivity index (χ1n) is 7.59. The zero-order valence-electron chi connectivity index (χ0n) is 13.3. The Labute approximate surface area is 142 Å². The summed E-state index contributed by atoms with van der Waals surface area (Å²) in [6.07, 6.45) is 1.67. The molecule has 122 valence electrons. The van der Waals surface area contributed by atoms with Crippen LogP contribution in [0.15, 0.2) is 72.9 Å². The van der Waals surface area contributed by atoms with Crippen molar-refractivity contribution in [3.63, 3.8) is 0 Å². The van der Waals surface area contributed by atoms with Crippen LogP contribution < -0.4 is 4.72 Å². The molecule has 2 aromatic carbocycles. The number of nitrogens with zero attached hydrogens (tertiary/aromatic N) is 1. The van der Waals surface area contributed by atoms with Crippen LogP contribution >= 0.6 is 0 Å². The fourth-order valence-electron chi connectivity index (χ4n) is 2.35. The fraction of sp³-hybridized carbons (Fsp3) is 0.105. The average molecular weight is 338 g/mol. The maximum Gasteiger partial charge on any atom is 0.238 e. The molecular formula is C19H18N2O2S. The van der Waals surface area contributed by atoms with Crippen molar-refractivity contribution in [2.45, 2.75) is 12.7 Å². The van der Waals surface area contributed by atoms with Gasteiger partial charge in [0.2, 0.25) is 10.0 Å². The van der Waals surface area contributed by atoms with E-state index < -0.39 is 10.0 Å².